The van der Waals surface area contributed by atoms with E-state index in [1.165, 1.54) is 24.3 Å². The van der Waals surface area contributed by atoms with Crippen molar-refractivity contribution in [3.63, 3.8) is 0 Å². The molecule has 1 heterocycles. The largest absolute Gasteiger partial charge is 0.339 e. The molecule has 0 aliphatic heterocycles. The van der Waals surface area contributed by atoms with E-state index in [-0.39, 0.29) is 15.6 Å². The first-order valence-corrected chi connectivity index (χ1v) is 13.6. The quantitative estimate of drug-likeness (QED) is 0.325. The summed E-state index contributed by atoms with van der Waals surface area (Å²) >= 11 is 0. The van der Waals surface area contributed by atoms with Gasteiger partial charge in [0.05, 0.1) is 15.4 Å². The van der Waals surface area contributed by atoms with Gasteiger partial charge in [-0.25, -0.2) is 4.98 Å². The normalized spacial score (nSPS) is 11.8. The number of anilines is 4. The molecule has 0 saturated heterocycles. The van der Waals surface area contributed by atoms with Crippen molar-refractivity contribution in [1.82, 2.24) is 4.98 Å². The Bertz CT molecular complexity index is 1610. The second-order valence-corrected chi connectivity index (χ2v) is 11.5. The minimum absolute atomic E-state index is 0.217. The van der Waals surface area contributed by atoms with Gasteiger partial charge >= 0.3 is 0 Å². The lowest BCUT2D eigenvalue weighted by atomic mass is 10.0. The zero-order valence-corrected chi connectivity index (χ0v) is 22.2. The van der Waals surface area contributed by atoms with Crippen LogP contribution in [-0.4, -0.2) is 30.9 Å². The van der Waals surface area contributed by atoms with E-state index in [4.69, 9.17) is 0 Å². The van der Waals surface area contributed by atoms with E-state index in [2.05, 4.69) is 21.7 Å². The van der Waals surface area contributed by atoms with Crippen LogP contribution in [0.5, 0.6) is 0 Å². The Morgan fingerprint density at radius 3 is 1.39 bits per heavy atom. The second kappa shape index (κ2) is 9.51. The van der Waals surface area contributed by atoms with Crippen LogP contribution in [0.25, 0.3) is 0 Å². The monoisotopic (exact) mass is 530 g/mol. The van der Waals surface area contributed by atoms with Crippen molar-refractivity contribution in [3.8, 4) is 6.07 Å². The van der Waals surface area contributed by atoms with Crippen LogP contribution in [0, 0.1) is 52.9 Å². The summed E-state index contributed by atoms with van der Waals surface area (Å²) in [4.78, 5) is 4.17. The van der Waals surface area contributed by atoms with Gasteiger partial charge in [-0.15, -0.1) is 0 Å². The second-order valence-electron chi connectivity index (χ2n) is 8.61. The number of nitrogens with zero attached hydrogens (tertiary/aromatic N) is 2. The Morgan fingerprint density at radius 2 is 1.06 bits per heavy atom. The van der Waals surface area contributed by atoms with Crippen molar-refractivity contribution >= 4 is 43.2 Å². The summed E-state index contributed by atoms with van der Waals surface area (Å²) in [6.45, 7) is 10.3. The van der Waals surface area contributed by atoms with Gasteiger partial charge in [0.1, 0.15) is 11.9 Å². The Kier molecular flexibility index (Phi) is 7.16. The molecule has 0 unspecified atom stereocenters. The molecule has 0 atom stereocenters. The van der Waals surface area contributed by atoms with Crippen LogP contribution in [-0.2, 0) is 20.2 Å². The zero-order valence-electron chi connectivity index (χ0n) is 20.5. The number of nitriles is 1. The first-order valence-electron chi connectivity index (χ1n) is 10.7. The fourth-order valence-corrected chi connectivity index (χ4v) is 5.22. The molecule has 4 N–H and O–H groups in total. The fourth-order valence-electron chi connectivity index (χ4n) is 3.92. The number of hydrogen-bond acceptors (Lipinski definition) is 8. The molecule has 0 aliphatic carbocycles. The topological polar surface area (TPSA) is 169 Å². The third-order valence-electron chi connectivity index (χ3n) is 5.96. The van der Waals surface area contributed by atoms with Crippen LogP contribution in [0.15, 0.2) is 34.1 Å². The molecule has 0 amide bonds. The summed E-state index contributed by atoms with van der Waals surface area (Å²) in [6, 6.07) is 7.49. The Morgan fingerprint density at radius 1 is 0.694 bits per heavy atom. The minimum atomic E-state index is -4.38. The lowest BCUT2D eigenvalue weighted by Gasteiger charge is -2.20. The third kappa shape index (κ3) is 5.34. The fraction of sp³-hybridized carbons (Fsp3) is 0.250. The predicted octanol–water partition coefficient (Wildman–Crippen LogP) is 4.78. The Labute approximate surface area is 210 Å². The molecule has 3 aromatic rings. The molecule has 12 heteroatoms. The predicted molar refractivity (Wildman–Crippen MR) is 136 cm³/mol. The first kappa shape index (κ1) is 27.1. The number of hydrogen-bond donors (Lipinski definition) is 4. The number of nitrogens with one attached hydrogen (secondary N) is 2. The van der Waals surface area contributed by atoms with Crippen molar-refractivity contribution in [2.75, 3.05) is 10.6 Å². The molecule has 10 nitrogen and oxygen atoms in total. The molecule has 0 radical (unpaired) electrons. The van der Waals surface area contributed by atoms with Crippen molar-refractivity contribution < 1.29 is 25.9 Å². The molecule has 1 aromatic heterocycles. The molecule has 0 aliphatic rings. The Hall–Kier alpha value is -3.50. The molecule has 36 heavy (non-hydrogen) atoms. The van der Waals surface area contributed by atoms with Gasteiger partial charge in [-0.2, -0.15) is 22.1 Å². The summed E-state index contributed by atoms with van der Waals surface area (Å²) in [5, 5.41) is 16.2. The van der Waals surface area contributed by atoms with E-state index in [1.807, 2.05) is 0 Å². The minimum Gasteiger partial charge on any atom is -0.339 e. The number of rotatable bonds is 6. The van der Waals surface area contributed by atoms with E-state index < -0.39 is 20.2 Å². The molecule has 190 valence electrons. The highest BCUT2D eigenvalue weighted by Gasteiger charge is 2.20. The maximum Gasteiger partial charge on any atom is 0.294 e. The van der Waals surface area contributed by atoms with Crippen molar-refractivity contribution in [2.24, 2.45) is 0 Å². The number of benzene rings is 2. The third-order valence-corrected chi connectivity index (χ3v) is 7.62. The molecule has 0 bridgehead atoms. The molecule has 0 fully saturated rings. The maximum absolute atomic E-state index is 11.6. The SMILES string of the molecule is Cc1cc(S(=O)(=O)O)cc(C)c1Nc1nc(Nc2c(C)cc(S(=O)(=O)O)cc2C)c(C#N)c(C)c1C. The van der Waals surface area contributed by atoms with Crippen molar-refractivity contribution in [3.05, 3.63) is 63.2 Å². The lowest BCUT2D eigenvalue weighted by Crippen LogP contribution is -2.09. The molecule has 0 spiro atoms. The first-order chi connectivity index (χ1) is 16.5. The number of aryl methyl sites for hydroxylation is 4. The van der Waals surface area contributed by atoms with E-state index in [0.717, 1.165) is 0 Å². The lowest BCUT2D eigenvalue weighted by molar-refractivity contribution is 0.481. The van der Waals surface area contributed by atoms with E-state index in [9.17, 15) is 31.2 Å². The number of pyridine rings is 1. The van der Waals surface area contributed by atoms with Gasteiger partial charge in [0.2, 0.25) is 0 Å². The highest BCUT2D eigenvalue weighted by Crippen LogP contribution is 2.34. The van der Waals surface area contributed by atoms with Crippen LogP contribution < -0.4 is 10.6 Å². The summed E-state index contributed by atoms with van der Waals surface area (Å²) in [6.07, 6.45) is 0. The molecule has 3 rings (SSSR count). The highest BCUT2D eigenvalue weighted by molar-refractivity contribution is 7.86. The standard InChI is InChI=1S/C24H26N4O6S2/c1-12-7-18(35(29,30)31)8-13(2)21(12)26-23-17(6)16(5)20(11-25)24(28-23)27-22-14(3)9-19(10-15(22)4)36(32,33)34/h7-10H,1-6H3,(H2,26,27,28)(H,29,30,31)(H,32,33,34). The molecular formula is C24H26N4O6S2. The molecule has 2 aromatic carbocycles. The average molecular weight is 531 g/mol. The van der Waals surface area contributed by atoms with Gasteiger partial charge < -0.3 is 10.6 Å². The van der Waals surface area contributed by atoms with Crippen LogP contribution in [0.3, 0.4) is 0 Å². The smallest absolute Gasteiger partial charge is 0.294 e. The maximum atomic E-state index is 11.6. The van der Waals surface area contributed by atoms with Crippen LogP contribution in [0.4, 0.5) is 23.0 Å². The van der Waals surface area contributed by atoms with Gasteiger partial charge in [-0.1, -0.05) is 0 Å². The van der Waals surface area contributed by atoms with E-state index in [0.29, 0.717) is 56.1 Å². The van der Waals surface area contributed by atoms with Crippen molar-refractivity contribution in [2.45, 2.75) is 51.3 Å². The summed E-state index contributed by atoms with van der Waals surface area (Å²) < 4.78 is 65.0. The van der Waals surface area contributed by atoms with Crippen LogP contribution >= 0.6 is 0 Å². The van der Waals surface area contributed by atoms with Gasteiger partial charge in [0.15, 0.2) is 5.82 Å². The summed E-state index contributed by atoms with van der Waals surface area (Å²) in [5.74, 6) is 0.656. The summed E-state index contributed by atoms with van der Waals surface area (Å²) in [7, 11) is -8.75. The number of aromatic nitrogens is 1. The zero-order chi connectivity index (χ0) is 27.2. The van der Waals surface area contributed by atoms with Crippen molar-refractivity contribution in [1.29, 1.82) is 5.26 Å². The van der Waals surface area contributed by atoms with E-state index in [1.54, 1.807) is 41.5 Å². The van der Waals surface area contributed by atoms with Crippen LogP contribution in [0.1, 0.15) is 38.9 Å². The Balaban J connectivity index is 2.13. The van der Waals surface area contributed by atoms with E-state index >= 15 is 0 Å². The average Bonchev–Trinajstić information content (AvgIpc) is 2.74. The molecule has 0 saturated carbocycles. The molecular weight excluding hydrogens is 504 g/mol. The highest BCUT2D eigenvalue weighted by atomic mass is 32.2. The van der Waals surface area contributed by atoms with Gasteiger partial charge in [0.25, 0.3) is 20.2 Å². The van der Waals surface area contributed by atoms with Gasteiger partial charge in [-0.3, -0.25) is 9.11 Å². The van der Waals surface area contributed by atoms with Gasteiger partial charge in [-0.05, 0) is 99.2 Å². The summed E-state index contributed by atoms with van der Waals surface area (Å²) in [5.41, 5.74) is 4.95. The van der Waals surface area contributed by atoms with Crippen LogP contribution in [0.2, 0.25) is 0 Å². The van der Waals surface area contributed by atoms with Gasteiger partial charge in [0, 0.05) is 11.4 Å².